The molecule has 0 radical (unpaired) electrons. The van der Waals surface area contributed by atoms with Crippen LogP contribution in [0.5, 0.6) is 0 Å². The number of ether oxygens (including phenoxy) is 1. The molecule has 0 bridgehead atoms. The molecule has 0 rings (SSSR count). The van der Waals surface area contributed by atoms with E-state index in [0.717, 1.165) is 0 Å². The van der Waals surface area contributed by atoms with Crippen molar-refractivity contribution >= 4 is 0 Å². The molecule has 13 heavy (non-hydrogen) atoms. The first kappa shape index (κ1) is 12.8. The SMILES string of the molecule is CCC(N)(N)COCC(N)(N)CC. The summed E-state index contributed by atoms with van der Waals surface area (Å²) in [6.45, 7) is 4.36. The normalized spacial score (nSPS) is 13.4. The van der Waals surface area contributed by atoms with E-state index in [4.69, 9.17) is 27.7 Å². The minimum atomic E-state index is -0.774. The molecule has 0 aliphatic heterocycles. The van der Waals surface area contributed by atoms with Crippen molar-refractivity contribution < 1.29 is 4.74 Å². The Labute approximate surface area is 79.8 Å². The second-order valence-corrected chi connectivity index (χ2v) is 3.67. The standard InChI is InChI=1S/C8H22N4O/c1-3-7(9,10)5-13-6-8(11,12)4-2/h3-6,9-12H2,1-2H3. The van der Waals surface area contributed by atoms with E-state index in [-0.39, 0.29) is 13.2 Å². The summed E-state index contributed by atoms with van der Waals surface area (Å²) in [5, 5.41) is 0. The van der Waals surface area contributed by atoms with Crippen LogP contribution in [0.1, 0.15) is 26.7 Å². The van der Waals surface area contributed by atoms with E-state index in [9.17, 15) is 0 Å². The maximum Gasteiger partial charge on any atom is 0.0874 e. The van der Waals surface area contributed by atoms with Crippen LogP contribution >= 0.6 is 0 Å². The summed E-state index contributed by atoms with van der Waals surface area (Å²) in [6.07, 6.45) is 1.31. The first-order chi connectivity index (χ1) is 5.83. The van der Waals surface area contributed by atoms with Gasteiger partial charge in [-0.15, -0.1) is 0 Å². The van der Waals surface area contributed by atoms with Crippen LogP contribution < -0.4 is 22.9 Å². The summed E-state index contributed by atoms with van der Waals surface area (Å²) in [4.78, 5) is 0. The van der Waals surface area contributed by atoms with E-state index < -0.39 is 11.3 Å². The third kappa shape index (κ3) is 5.95. The maximum atomic E-state index is 5.66. The van der Waals surface area contributed by atoms with Crippen molar-refractivity contribution in [1.82, 2.24) is 0 Å². The largest absolute Gasteiger partial charge is 0.375 e. The molecule has 0 saturated heterocycles. The predicted molar refractivity (Wildman–Crippen MR) is 53.6 cm³/mol. The van der Waals surface area contributed by atoms with Gasteiger partial charge in [0.25, 0.3) is 0 Å². The second-order valence-electron chi connectivity index (χ2n) is 3.67. The molecule has 0 atom stereocenters. The fourth-order valence-electron chi connectivity index (χ4n) is 0.635. The lowest BCUT2D eigenvalue weighted by molar-refractivity contribution is 0.0494. The number of rotatable bonds is 6. The van der Waals surface area contributed by atoms with Gasteiger partial charge >= 0.3 is 0 Å². The maximum absolute atomic E-state index is 5.66. The van der Waals surface area contributed by atoms with Crippen molar-refractivity contribution in [2.45, 2.75) is 38.0 Å². The second kappa shape index (κ2) is 4.88. The van der Waals surface area contributed by atoms with Crippen LogP contribution in [0.25, 0.3) is 0 Å². The molecular formula is C8H22N4O. The Bertz CT molecular complexity index is 131. The Hall–Kier alpha value is -0.200. The molecule has 80 valence electrons. The highest BCUT2D eigenvalue weighted by Crippen LogP contribution is 2.02. The molecule has 0 aromatic carbocycles. The smallest absolute Gasteiger partial charge is 0.0874 e. The van der Waals surface area contributed by atoms with Gasteiger partial charge in [-0.25, -0.2) is 0 Å². The van der Waals surface area contributed by atoms with Gasteiger partial charge in [-0.1, -0.05) is 13.8 Å². The molecule has 0 aliphatic carbocycles. The highest BCUT2D eigenvalue weighted by Gasteiger charge is 2.20. The first-order valence-corrected chi connectivity index (χ1v) is 4.56. The Morgan fingerprint density at radius 1 is 0.846 bits per heavy atom. The minimum absolute atomic E-state index is 0.277. The van der Waals surface area contributed by atoms with Crippen molar-refractivity contribution in [3.63, 3.8) is 0 Å². The Kier molecular flexibility index (Phi) is 4.80. The third-order valence-corrected chi connectivity index (χ3v) is 2.06. The van der Waals surface area contributed by atoms with E-state index in [1.165, 1.54) is 0 Å². The number of hydrogen-bond acceptors (Lipinski definition) is 5. The predicted octanol–water partition coefficient (Wildman–Crippen LogP) is -0.950. The molecule has 5 nitrogen and oxygen atoms in total. The summed E-state index contributed by atoms with van der Waals surface area (Å²) in [6, 6.07) is 0. The van der Waals surface area contributed by atoms with Crippen molar-refractivity contribution in [2.75, 3.05) is 13.2 Å². The molecule has 0 spiro atoms. The van der Waals surface area contributed by atoms with Gasteiger partial charge in [-0.2, -0.15) is 0 Å². The number of nitrogens with two attached hydrogens (primary N) is 4. The van der Waals surface area contributed by atoms with E-state index >= 15 is 0 Å². The number of hydrogen-bond donors (Lipinski definition) is 4. The zero-order valence-corrected chi connectivity index (χ0v) is 8.55. The van der Waals surface area contributed by atoms with E-state index in [1.54, 1.807) is 0 Å². The lowest BCUT2D eigenvalue weighted by Gasteiger charge is -2.27. The van der Waals surface area contributed by atoms with Crippen molar-refractivity contribution in [1.29, 1.82) is 0 Å². The summed E-state index contributed by atoms with van der Waals surface area (Å²) < 4.78 is 5.24. The summed E-state index contributed by atoms with van der Waals surface area (Å²) in [5.41, 5.74) is 21.1. The third-order valence-electron chi connectivity index (χ3n) is 2.06. The van der Waals surface area contributed by atoms with Crippen LogP contribution in [-0.4, -0.2) is 24.5 Å². The van der Waals surface area contributed by atoms with Crippen molar-refractivity contribution in [3.8, 4) is 0 Å². The zero-order chi connectivity index (χ0) is 10.5. The molecule has 0 aromatic heterocycles. The van der Waals surface area contributed by atoms with Gasteiger partial charge in [0.15, 0.2) is 0 Å². The average molecular weight is 190 g/mol. The van der Waals surface area contributed by atoms with Crippen LogP contribution in [0.4, 0.5) is 0 Å². The quantitative estimate of drug-likeness (QED) is 0.403. The molecule has 5 heteroatoms. The highest BCUT2D eigenvalue weighted by atomic mass is 16.5. The molecule has 0 aromatic rings. The molecule has 0 fully saturated rings. The van der Waals surface area contributed by atoms with Crippen LogP contribution in [0, 0.1) is 0 Å². The lowest BCUT2D eigenvalue weighted by Crippen LogP contribution is -2.56. The van der Waals surface area contributed by atoms with Gasteiger partial charge < -0.3 is 27.7 Å². The van der Waals surface area contributed by atoms with Crippen LogP contribution in [0.2, 0.25) is 0 Å². The van der Waals surface area contributed by atoms with E-state index in [1.807, 2.05) is 13.8 Å². The van der Waals surface area contributed by atoms with Crippen molar-refractivity contribution in [3.05, 3.63) is 0 Å². The Morgan fingerprint density at radius 2 is 1.15 bits per heavy atom. The van der Waals surface area contributed by atoms with Gasteiger partial charge in [0.1, 0.15) is 0 Å². The Morgan fingerprint density at radius 3 is 1.38 bits per heavy atom. The van der Waals surface area contributed by atoms with E-state index in [2.05, 4.69) is 0 Å². The fraction of sp³-hybridized carbons (Fsp3) is 1.00. The highest BCUT2D eigenvalue weighted by molar-refractivity contribution is 4.77. The molecule has 0 aliphatic rings. The Balaban J connectivity index is 3.68. The van der Waals surface area contributed by atoms with Gasteiger partial charge in [0.2, 0.25) is 0 Å². The summed E-state index contributed by atoms with van der Waals surface area (Å²) in [7, 11) is 0. The summed E-state index contributed by atoms with van der Waals surface area (Å²) >= 11 is 0. The molecular weight excluding hydrogens is 168 g/mol. The lowest BCUT2D eigenvalue weighted by atomic mass is 10.1. The van der Waals surface area contributed by atoms with Gasteiger partial charge in [0.05, 0.1) is 24.5 Å². The average Bonchev–Trinajstić information content (AvgIpc) is 2.04. The molecule has 8 N–H and O–H groups in total. The van der Waals surface area contributed by atoms with Crippen LogP contribution in [0.3, 0.4) is 0 Å². The zero-order valence-electron chi connectivity index (χ0n) is 8.55. The van der Waals surface area contributed by atoms with Gasteiger partial charge in [-0.05, 0) is 12.8 Å². The molecule has 0 amide bonds. The fourth-order valence-corrected chi connectivity index (χ4v) is 0.635. The van der Waals surface area contributed by atoms with Crippen LogP contribution in [-0.2, 0) is 4.74 Å². The van der Waals surface area contributed by atoms with Crippen LogP contribution in [0.15, 0.2) is 0 Å². The topological polar surface area (TPSA) is 113 Å². The molecule has 0 saturated carbocycles. The van der Waals surface area contributed by atoms with Crippen molar-refractivity contribution in [2.24, 2.45) is 22.9 Å². The molecule has 0 heterocycles. The summed E-state index contributed by atoms with van der Waals surface area (Å²) in [5.74, 6) is 0. The van der Waals surface area contributed by atoms with E-state index in [0.29, 0.717) is 12.8 Å². The van der Waals surface area contributed by atoms with Gasteiger partial charge in [0, 0.05) is 0 Å². The first-order valence-electron chi connectivity index (χ1n) is 4.56. The van der Waals surface area contributed by atoms with Gasteiger partial charge in [-0.3, -0.25) is 0 Å². The monoisotopic (exact) mass is 190 g/mol. The minimum Gasteiger partial charge on any atom is -0.375 e. The molecule has 0 unspecified atom stereocenters.